The van der Waals surface area contributed by atoms with Crippen molar-refractivity contribution in [3.63, 3.8) is 0 Å². The molecule has 2 aromatic rings. The van der Waals surface area contributed by atoms with E-state index in [2.05, 4.69) is 10.1 Å². The highest BCUT2D eigenvalue weighted by atomic mass is 35.5. The lowest BCUT2D eigenvalue weighted by Crippen LogP contribution is -2.29. The summed E-state index contributed by atoms with van der Waals surface area (Å²) >= 11 is 5.91. The van der Waals surface area contributed by atoms with Gasteiger partial charge in [0.1, 0.15) is 0 Å². The van der Waals surface area contributed by atoms with Gasteiger partial charge in [0.15, 0.2) is 11.4 Å². The van der Waals surface area contributed by atoms with Crippen molar-refractivity contribution in [2.45, 2.75) is 19.3 Å². The van der Waals surface area contributed by atoms with Gasteiger partial charge in [-0.05, 0) is 31.4 Å². The number of fused-ring (bicyclic) bond motifs is 1. The van der Waals surface area contributed by atoms with Gasteiger partial charge in [0.25, 0.3) is 0 Å². The molecule has 3 nitrogen and oxygen atoms in total. The van der Waals surface area contributed by atoms with Crippen LogP contribution in [0.3, 0.4) is 0 Å². The van der Waals surface area contributed by atoms with E-state index in [1.165, 1.54) is 19.3 Å². The third kappa shape index (κ3) is 2.35. The maximum atomic E-state index is 5.91. The molecule has 0 bridgehead atoms. The molecule has 0 radical (unpaired) electrons. The summed E-state index contributed by atoms with van der Waals surface area (Å²) in [5.74, 6) is 0.964. The molecule has 0 unspecified atom stereocenters. The van der Waals surface area contributed by atoms with Gasteiger partial charge in [-0.1, -0.05) is 16.8 Å². The van der Waals surface area contributed by atoms with Crippen molar-refractivity contribution in [1.82, 2.24) is 5.16 Å². The topological polar surface area (TPSA) is 29.3 Å². The second-order valence-corrected chi connectivity index (χ2v) is 4.63. The van der Waals surface area contributed by atoms with E-state index in [0.29, 0.717) is 5.02 Å². The molecule has 1 aliphatic heterocycles. The molecule has 0 saturated carbocycles. The number of hydrogen-bond acceptors (Lipinski definition) is 3. The molecule has 2 heterocycles. The molecule has 1 aromatic heterocycles. The number of anilines is 1. The molecule has 0 amide bonds. The van der Waals surface area contributed by atoms with Crippen molar-refractivity contribution in [2.75, 3.05) is 18.0 Å². The normalized spacial score (nSPS) is 15.9. The first-order valence-electron chi connectivity index (χ1n) is 5.64. The van der Waals surface area contributed by atoms with E-state index in [1.54, 1.807) is 0 Å². The van der Waals surface area contributed by atoms with Gasteiger partial charge >= 0.3 is 0 Å². The standard InChI is InChI=1S/C12H13ClN2O.ClH/c13-9-4-5-10-11(8-9)16-14-12(10)15-6-2-1-3-7-15;/h4-5,8H,1-3,6-7H2;1H. The van der Waals surface area contributed by atoms with E-state index in [0.717, 1.165) is 29.9 Å². The van der Waals surface area contributed by atoms with Gasteiger partial charge in [-0.2, -0.15) is 0 Å². The maximum Gasteiger partial charge on any atom is 0.179 e. The van der Waals surface area contributed by atoms with Crippen molar-refractivity contribution >= 4 is 40.8 Å². The van der Waals surface area contributed by atoms with Gasteiger partial charge in [0.05, 0.1) is 5.39 Å². The monoisotopic (exact) mass is 272 g/mol. The Morgan fingerprint density at radius 2 is 1.94 bits per heavy atom. The fraction of sp³-hybridized carbons (Fsp3) is 0.417. The van der Waals surface area contributed by atoms with Gasteiger partial charge < -0.3 is 9.42 Å². The Labute approximate surface area is 111 Å². The molecule has 0 N–H and O–H groups in total. The summed E-state index contributed by atoms with van der Waals surface area (Å²) in [6.45, 7) is 2.15. The van der Waals surface area contributed by atoms with Crippen LogP contribution >= 0.6 is 24.0 Å². The Balaban J connectivity index is 0.00000108. The zero-order chi connectivity index (χ0) is 11.0. The lowest BCUT2D eigenvalue weighted by molar-refractivity contribution is 0.450. The van der Waals surface area contributed by atoms with Crippen LogP contribution in [-0.4, -0.2) is 18.2 Å². The lowest BCUT2D eigenvalue weighted by Gasteiger charge is -2.26. The quantitative estimate of drug-likeness (QED) is 0.789. The highest BCUT2D eigenvalue weighted by molar-refractivity contribution is 6.31. The molecule has 5 heteroatoms. The van der Waals surface area contributed by atoms with Crippen LogP contribution in [0.1, 0.15) is 19.3 Å². The van der Waals surface area contributed by atoms with Crippen molar-refractivity contribution < 1.29 is 4.52 Å². The molecule has 1 aromatic carbocycles. The van der Waals surface area contributed by atoms with Crippen LogP contribution in [0.5, 0.6) is 0 Å². The molecular formula is C12H14Cl2N2O. The molecule has 92 valence electrons. The Morgan fingerprint density at radius 3 is 2.71 bits per heavy atom. The highest BCUT2D eigenvalue weighted by Gasteiger charge is 2.17. The van der Waals surface area contributed by atoms with Crippen LogP contribution in [0, 0.1) is 0 Å². The summed E-state index contributed by atoms with van der Waals surface area (Å²) in [7, 11) is 0. The second kappa shape index (κ2) is 5.15. The minimum Gasteiger partial charge on any atom is -0.354 e. The van der Waals surface area contributed by atoms with Gasteiger partial charge in [0, 0.05) is 24.2 Å². The minimum absolute atomic E-state index is 0. The van der Waals surface area contributed by atoms with Gasteiger partial charge in [0.2, 0.25) is 0 Å². The summed E-state index contributed by atoms with van der Waals surface area (Å²) in [4.78, 5) is 2.29. The number of piperidine rings is 1. The van der Waals surface area contributed by atoms with Crippen LogP contribution in [-0.2, 0) is 0 Å². The molecule has 17 heavy (non-hydrogen) atoms. The number of halogens is 2. The summed E-state index contributed by atoms with van der Waals surface area (Å²) in [5.41, 5.74) is 0.771. The van der Waals surface area contributed by atoms with E-state index in [1.807, 2.05) is 18.2 Å². The molecule has 0 spiro atoms. The smallest absolute Gasteiger partial charge is 0.179 e. The van der Waals surface area contributed by atoms with Gasteiger partial charge in [-0.25, -0.2) is 0 Å². The largest absolute Gasteiger partial charge is 0.354 e. The Hall–Kier alpha value is -0.930. The lowest BCUT2D eigenvalue weighted by atomic mass is 10.1. The first-order chi connectivity index (χ1) is 7.84. The van der Waals surface area contributed by atoms with Crippen LogP contribution < -0.4 is 4.90 Å². The highest BCUT2D eigenvalue weighted by Crippen LogP contribution is 2.29. The predicted molar refractivity (Wildman–Crippen MR) is 72.3 cm³/mol. The third-order valence-corrected chi connectivity index (χ3v) is 3.31. The Kier molecular flexibility index (Phi) is 3.79. The SMILES string of the molecule is Cl.Clc1ccc2c(N3CCCCC3)noc2c1. The molecular weight excluding hydrogens is 259 g/mol. The van der Waals surface area contributed by atoms with Crippen LogP contribution in [0.4, 0.5) is 5.82 Å². The van der Waals surface area contributed by atoms with E-state index in [9.17, 15) is 0 Å². The van der Waals surface area contributed by atoms with Gasteiger partial charge in [-0.15, -0.1) is 12.4 Å². The van der Waals surface area contributed by atoms with E-state index < -0.39 is 0 Å². The maximum absolute atomic E-state index is 5.91. The Bertz CT molecular complexity index is 506. The minimum atomic E-state index is 0. The average Bonchev–Trinajstić information content (AvgIpc) is 2.73. The first-order valence-corrected chi connectivity index (χ1v) is 6.02. The fourth-order valence-corrected chi connectivity index (χ4v) is 2.39. The summed E-state index contributed by atoms with van der Waals surface area (Å²) < 4.78 is 5.31. The number of hydrogen-bond donors (Lipinski definition) is 0. The Morgan fingerprint density at radius 1 is 1.18 bits per heavy atom. The van der Waals surface area contributed by atoms with Crippen LogP contribution in [0.25, 0.3) is 11.0 Å². The molecule has 1 saturated heterocycles. The zero-order valence-electron chi connectivity index (χ0n) is 9.36. The number of rotatable bonds is 1. The predicted octanol–water partition coefficient (Wildman–Crippen LogP) is 3.89. The summed E-state index contributed by atoms with van der Waals surface area (Å²) in [6.07, 6.45) is 3.79. The van der Waals surface area contributed by atoms with Crippen molar-refractivity contribution in [3.8, 4) is 0 Å². The number of aromatic nitrogens is 1. The fourth-order valence-electron chi connectivity index (χ4n) is 2.23. The second-order valence-electron chi connectivity index (χ2n) is 4.19. The van der Waals surface area contributed by atoms with Crippen molar-refractivity contribution in [3.05, 3.63) is 23.2 Å². The third-order valence-electron chi connectivity index (χ3n) is 3.07. The van der Waals surface area contributed by atoms with Crippen molar-refractivity contribution in [1.29, 1.82) is 0 Å². The van der Waals surface area contributed by atoms with Gasteiger partial charge in [-0.3, -0.25) is 0 Å². The number of nitrogens with zero attached hydrogens (tertiary/aromatic N) is 2. The molecule has 0 atom stereocenters. The molecule has 1 fully saturated rings. The zero-order valence-corrected chi connectivity index (χ0v) is 10.9. The molecule has 0 aliphatic carbocycles. The average molecular weight is 273 g/mol. The first kappa shape index (κ1) is 12.5. The van der Waals surface area contributed by atoms with E-state index in [-0.39, 0.29) is 12.4 Å². The van der Waals surface area contributed by atoms with Crippen LogP contribution in [0.2, 0.25) is 5.02 Å². The van der Waals surface area contributed by atoms with Crippen molar-refractivity contribution in [2.24, 2.45) is 0 Å². The number of benzene rings is 1. The van der Waals surface area contributed by atoms with Crippen LogP contribution in [0.15, 0.2) is 22.7 Å². The van der Waals surface area contributed by atoms with E-state index >= 15 is 0 Å². The summed E-state index contributed by atoms with van der Waals surface area (Å²) in [5, 5.41) is 5.90. The van der Waals surface area contributed by atoms with E-state index in [4.69, 9.17) is 16.1 Å². The molecule has 1 aliphatic rings. The summed E-state index contributed by atoms with van der Waals surface area (Å²) in [6, 6.07) is 5.68. The molecule has 3 rings (SSSR count).